The van der Waals surface area contributed by atoms with Gasteiger partial charge >= 0.3 is 0 Å². The highest BCUT2D eigenvalue weighted by Gasteiger charge is 2.44. The van der Waals surface area contributed by atoms with Crippen LogP contribution in [0, 0.1) is 16.7 Å². The van der Waals surface area contributed by atoms with Gasteiger partial charge in [0.15, 0.2) is 9.84 Å². The Balaban J connectivity index is 1.90. The minimum absolute atomic E-state index is 0.168. The van der Waals surface area contributed by atoms with Gasteiger partial charge in [0, 0.05) is 19.0 Å². The zero-order chi connectivity index (χ0) is 11.8. The summed E-state index contributed by atoms with van der Waals surface area (Å²) in [5.41, 5.74) is 0.176. The Morgan fingerprint density at radius 2 is 2.19 bits per heavy atom. The molecule has 0 N–H and O–H groups in total. The number of sulfone groups is 1. The van der Waals surface area contributed by atoms with Crippen molar-refractivity contribution in [2.75, 3.05) is 25.1 Å². The van der Waals surface area contributed by atoms with Crippen LogP contribution in [0.1, 0.15) is 25.7 Å². The monoisotopic (exact) mass is 242 g/mol. The zero-order valence-corrected chi connectivity index (χ0v) is 10.5. The number of nitrogens with zero attached hydrogens (tertiary/aromatic N) is 2. The van der Waals surface area contributed by atoms with Gasteiger partial charge in [-0.1, -0.05) is 0 Å². The lowest BCUT2D eigenvalue weighted by atomic mass is 10.0. The number of rotatable bonds is 4. The molecular formula is C11H18N2O2S. The van der Waals surface area contributed by atoms with Crippen molar-refractivity contribution < 1.29 is 8.42 Å². The van der Waals surface area contributed by atoms with Crippen molar-refractivity contribution in [3.63, 3.8) is 0 Å². The fourth-order valence-electron chi connectivity index (χ4n) is 2.52. The fourth-order valence-corrected chi connectivity index (χ4v) is 4.32. The lowest BCUT2D eigenvalue weighted by Gasteiger charge is -2.26. The van der Waals surface area contributed by atoms with Crippen LogP contribution in [0.5, 0.6) is 0 Å². The maximum Gasteiger partial charge on any atom is 0.151 e. The Hall–Kier alpha value is -0.600. The highest BCUT2D eigenvalue weighted by molar-refractivity contribution is 7.91. The maximum absolute atomic E-state index is 11.4. The number of hydrogen-bond acceptors (Lipinski definition) is 4. The van der Waals surface area contributed by atoms with E-state index in [1.807, 2.05) is 7.05 Å². The summed E-state index contributed by atoms with van der Waals surface area (Å²) < 4.78 is 22.7. The van der Waals surface area contributed by atoms with Crippen LogP contribution in [0.25, 0.3) is 0 Å². The Morgan fingerprint density at radius 3 is 2.62 bits per heavy atom. The summed E-state index contributed by atoms with van der Waals surface area (Å²) in [7, 11) is -0.806. The number of hydrogen-bond donors (Lipinski definition) is 0. The van der Waals surface area contributed by atoms with Gasteiger partial charge in [0.05, 0.1) is 17.6 Å². The van der Waals surface area contributed by atoms with Gasteiger partial charge in [-0.15, -0.1) is 0 Å². The Kier molecular flexibility index (Phi) is 2.97. The largest absolute Gasteiger partial charge is 0.302 e. The molecule has 2 aliphatic rings. The van der Waals surface area contributed by atoms with Gasteiger partial charge < -0.3 is 4.90 Å². The summed E-state index contributed by atoms with van der Waals surface area (Å²) in [5, 5.41) is 8.74. The molecule has 1 saturated heterocycles. The molecule has 1 aliphatic heterocycles. The summed E-state index contributed by atoms with van der Waals surface area (Å²) in [6.07, 6.45) is 3.59. The molecule has 0 aromatic carbocycles. The molecule has 1 aliphatic carbocycles. The van der Waals surface area contributed by atoms with Crippen LogP contribution in [-0.4, -0.2) is 44.5 Å². The van der Waals surface area contributed by atoms with Gasteiger partial charge in [0.2, 0.25) is 0 Å². The van der Waals surface area contributed by atoms with Crippen molar-refractivity contribution in [2.45, 2.75) is 31.7 Å². The quantitative estimate of drug-likeness (QED) is 0.731. The maximum atomic E-state index is 11.4. The fraction of sp³-hybridized carbons (Fsp3) is 0.909. The van der Waals surface area contributed by atoms with Crippen LogP contribution < -0.4 is 0 Å². The third-order valence-electron chi connectivity index (χ3n) is 3.83. The van der Waals surface area contributed by atoms with E-state index >= 15 is 0 Å². The zero-order valence-electron chi connectivity index (χ0n) is 9.65. The molecule has 4 nitrogen and oxygen atoms in total. The predicted molar refractivity (Wildman–Crippen MR) is 61.6 cm³/mol. The topological polar surface area (TPSA) is 61.2 Å². The van der Waals surface area contributed by atoms with Gasteiger partial charge in [-0.2, -0.15) is 5.26 Å². The van der Waals surface area contributed by atoms with Crippen molar-refractivity contribution in [1.29, 1.82) is 5.26 Å². The first-order valence-corrected chi connectivity index (χ1v) is 7.56. The molecule has 0 spiro atoms. The van der Waals surface area contributed by atoms with Crippen molar-refractivity contribution in [2.24, 2.45) is 5.41 Å². The summed E-state index contributed by atoms with van der Waals surface area (Å²) in [5.74, 6) is 0.624. The third-order valence-corrected chi connectivity index (χ3v) is 5.58. The van der Waals surface area contributed by atoms with Crippen LogP contribution >= 0.6 is 0 Å². The second-order valence-corrected chi connectivity index (χ2v) is 7.54. The summed E-state index contributed by atoms with van der Waals surface area (Å²) in [4.78, 5) is 2.15. The Bertz CT molecular complexity index is 406. The van der Waals surface area contributed by atoms with E-state index < -0.39 is 9.84 Å². The molecule has 1 saturated carbocycles. The van der Waals surface area contributed by atoms with E-state index in [4.69, 9.17) is 5.26 Å². The summed E-state index contributed by atoms with van der Waals surface area (Å²) in [6, 6.07) is 2.41. The third kappa shape index (κ3) is 2.55. The van der Waals surface area contributed by atoms with E-state index in [9.17, 15) is 8.42 Å². The molecule has 1 heterocycles. The van der Waals surface area contributed by atoms with E-state index in [1.165, 1.54) is 0 Å². The molecule has 0 amide bonds. The standard InChI is InChI=1S/C11H18N2O2S/c1-13(9-11(3-4-11)5-6-12)10-2-7-16(14,15)8-10/h10H,2-5,7-9H2,1H3. The Labute approximate surface area is 97.2 Å². The van der Waals surface area contributed by atoms with Crippen LogP contribution in [-0.2, 0) is 9.84 Å². The van der Waals surface area contributed by atoms with Crippen molar-refractivity contribution in [3.8, 4) is 6.07 Å². The molecule has 0 aromatic rings. The summed E-state index contributed by atoms with van der Waals surface area (Å²) in [6.45, 7) is 0.876. The smallest absolute Gasteiger partial charge is 0.151 e. The van der Waals surface area contributed by atoms with Crippen molar-refractivity contribution in [1.82, 2.24) is 4.90 Å². The average molecular weight is 242 g/mol. The van der Waals surface area contributed by atoms with Gasteiger partial charge in [-0.3, -0.25) is 0 Å². The second-order valence-electron chi connectivity index (χ2n) is 5.31. The van der Waals surface area contributed by atoms with Gasteiger partial charge in [-0.25, -0.2) is 8.42 Å². The predicted octanol–water partition coefficient (Wildman–Crippen LogP) is 0.799. The first-order chi connectivity index (χ1) is 7.46. The van der Waals surface area contributed by atoms with Gasteiger partial charge in [0.25, 0.3) is 0 Å². The van der Waals surface area contributed by atoms with Crippen molar-refractivity contribution in [3.05, 3.63) is 0 Å². The van der Waals surface area contributed by atoms with E-state index in [0.29, 0.717) is 17.9 Å². The molecule has 0 radical (unpaired) electrons. The first-order valence-electron chi connectivity index (χ1n) is 5.74. The molecule has 2 fully saturated rings. The molecular weight excluding hydrogens is 224 g/mol. The number of nitriles is 1. The molecule has 1 atom stereocenters. The van der Waals surface area contributed by atoms with Gasteiger partial charge in [-0.05, 0) is 31.7 Å². The van der Waals surface area contributed by atoms with E-state index in [2.05, 4.69) is 11.0 Å². The molecule has 0 aromatic heterocycles. The normalized spacial score (nSPS) is 30.2. The minimum Gasteiger partial charge on any atom is -0.302 e. The van der Waals surface area contributed by atoms with Crippen LogP contribution in [0.4, 0.5) is 0 Å². The summed E-state index contributed by atoms with van der Waals surface area (Å²) >= 11 is 0. The van der Waals surface area contributed by atoms with Crippen LogP contribution in [0.3, 0.4) is 0 Å². The molecule has 5 heteroatoms. The highest BCUT2D eigenvalue weighted by atomic mass is 32.2. The second kappa shape index (κ2) is 4.01. The molecule has 2 rings (SSSR count). The van der Waals surface area contributed by atoms with Crippen LogP contribution in [0.15, 0.2) is 0 Å². The average Bonchev–Trinajstić information content (AvgIpc) is 2.82. The highest BCUT2D eigenvalue weighted by Crippen LogP contribution is 2.49. The van der Waals surface area contributed by atoms with E-state index in [0.717, 1.165) is 25.8 Å². The molecule has 1 unspecified atom stereocenters. The lowest BCUT2D eigenvalue weighted by molar-refractivity contribution is 0.212. The molecule has 0 bridgehead atoms. The van der Waals surface area contributed by atoms with Crippen LogP contribution in [0.2, 0.25) is 0 Å². The Morgan fingerprint density at radius 1 is 1.50 bits per heavy atom. The van der Waals surface area contributed by atoms with E-state index in [-0.39, 0.29) is 11.5 Å². The molecule has 90 valence electrons. The van der Waals surface area contributed by atoms with E-state index in [1.54, 1.807) is 0 Å². The first kappa shape index (κ1) is 11.9. The molecule has 16 heavy (non-hydrogen) atoms. The van der Waals surface area contributed by atoms with Crippen molar-refractivity contribution >= 4 is 9.84 Å². The lowest BCUT2D eigenvalue weighted by Crippen LogP contribution is -2.37. The minimum atomic E-state index is -2.79. The van der Waals surface area contributed by atoms with Gasteiger partial charge in [0.1, 0.15) is 0 Å². The SMILES string of the molecule is CN(CC1(CC#N)CC1)C1CCS(=O)(=O)C1.